The number of carbonyl (C=O) groups is 1. The minimum absolute atomic E-state index is 0.0140. The molecule has 0 aliphatic heterocycles. The molecule has 0 bridgehead atoms. The summed E-state index contributed by atoms with van der Waals surface area (Å²) in [5.74, 6) is 0.161. The average molecular weight is 407 g/mol. The summed E-state index contributed by atoms with van der Waals surface area (Å²) >= 11 is 0. The maximum Gasteiger partial charge on any atom is 0.263 e. The third-order valence-electron chi connectivity index (χ3n) is 4.06. The van der Waals surface area contributed by atoms with Crippen LogP contribution in [0.4, 0.5) is 11.4 Å². The van der Waals surface area contributed by atoms with E-state index in [1.54, 1.807) is 49.6 Å². The number of anilines is 2. The molecule has 146 valence electrons. The lowest BCUT2D eigenvalue weighted by Gasteiger charge is -2.13. The van der Waals surface area contributed by atoms with Crippen molar-refractivity contribution in [3.63, 3.8) is 0 Å². The monoisotopic (exact) mass is 407 g/mol. The lowest BCUT2D eigenvalue weighted by atomic mass is 10.1. The number of sulfonamides is 1. The van der Waals surface area contributed by atoms with Crippen LogP contribution in [0.15, 0.2) is 77.7 Å². The number of ether oxygens (including phenoxy) is 1. The van der Waals surface area contributed by atoms with Crippen molar-refractivity contribution in [2.24, 2.45) is 0 Å². The van der Waals surface area contributed by atoms with Gasteiger partial charge in [-0.1, -0.05) is 24.3 Å². The number of hydrogen-bond acceptors (Lipinski definition) is 5. The largest absolute Gasteiger partial charge is 0.497 e. The fraction of sp³-hybridized carbons (Fsp3) is 0.0476. The number of nitrogens with zero attached hydrogens (tertiary/aromatic N) is 1. The topological polar surface area (TPSA) is 108 Å². The zero-order valence-electron chi connectivity index (χ0n) is 15.4. The Morgan fingerprint density at radius 3 is 2.31 bits per heavy atom. The van der Waals surface area contributed by atoms with Gasteiger partial charge in [-0.15, -0.1) is 0 Å². The molecule has 29 heavy (non-hydrogen) atoms. The molecule has 0 radical (unpaired) electrons. The first kappa shape index (κ1) is 19.9. The highest BCUT2D eigenvalue weighted by atomic mass is 32.2. The smallest absolute Gasteiger partial charge is 0.263 e. The highest BCUT2D eigenvalue weighted by molar-refractivity contribution is 7.92. The highest BCUT2D eigenvalue weighted by Crippen LogP contribution is 2.23. The second-order valence-corrected chi connectivity index (χ2v) is 7.59. The van der Waals surface area contributed by atoms with Crippen LogP contribution in [-0.2, 0) is 10.0 Å². The van der Waals surface area contributed by atoms with Gasteiger partial charge in [-0.2, -0.15) is 5.26 Å². The predicted molar refractivity (Wildman–Crippen MR) is 109 cm³/mol. The quantitative estimate of drug-likeness (QED) is 0.649. The van der Waals surface area contributed by atoms with Crippen molar-refractivity contribution < 1.29 is 17.9 Å². The standard InChI is InChI=1S/C21H17N3O4S/c1-28-17-12-10-16(11-13-17)23-21(25)18-7-3-4-8-19(18)24-29(26,27)20-9-5-2-6-15(20)14-22/h2-13,24H,1H3,(H,23,25). The molecule has 2 N–H and O–H groups in total. The van der Waals surface area contributed by atoms with E-state index in [2.05, 4.69) is 10.0 Å². The summed E-state index contributed by atoms with van der Waals surface area (Å²) in [6.45, 7) is 0. The number of nitriles is 1. The first-order chi connectivity index (χ1) is 13.9. The molecule has 3 aromatic rings. The van der Waals surface area contributed by atoms with E-state index in [1.807, 2.05) is 6.07 Å². The van der Waals surface area contributed by atoms with E-state index in [0.29, 0.717) is 11.4 Å². The number of hydrogen-bond donors (Lipinski definition) is 2. The van der Waals surface area contributed by atoms with Gasteiger partial charge in [0.05, 0.1) is 23.9 Å². The van der Waals surface area contributed by atoms with Crippen LogP contribution >= 0.6 is 0 Å². The summed E-state index contributed by atoms with van der Waals surface area (Å²) in [6.07, 6.45) is 0. The Morgan fingerprint density at radius 1 is 0.966 bits per heavy atom. The third kappa shape index (κ3) is 4.54. The maximum atomic E-state index is 12.8. The minimum Gasteiger partial charge on any atom is -0.497 e. The molecule has 0 unspecified atom stereocenters. The molecule has 0 aliphatic rings. The lowest BCUT2D eigenvalue weighted by Crippen LogP contribution is -2.19. The van der Waals surface area contributed by atoms with Gasteiger partial charge in [0.1, 0.15) is 16.7 Å². The number of benzene rings is 3. The van der Waals surface area contributed by atoms with Gasteiger partial charge in [0.15, 0.2) is 0 Å². The van der Waals surface area contributed by atoms with E-state index < -0.39 is 15.9 Å². The van der Waals surface area contributed by atoms with Crippen molar-refractivity contribution in [3.05, 3.63) is 83.9 Å². The molecule has 0 spiro atoms. The molecule has 0 fully saturated rings. The molecule has 0 heterocycles. The molecular weight excluding hydrogens is 390 g/mol. The third-order valence-corrected chi connectivity index (χ3v) is 5.48. The Labute approximate surface area is 168 Å². The summed E-state index contributed by atoms with van der Waals surface area (Å²) in [6, 6.07) is 20.7. The van der Waals surface area contributed by atoms with E-state index in [9.17, 15) is 18.5 Å². The van der Waals surface area contributed by atoms with Crippen LogP contribution in [0.2, 0.25) is 0 Å². The fourth-order valence-corrected chi connectivity index (χ4v) is 3.87. The lowest BCUT2D eigenvalue weighted by molar-refractivity contribution is 0.102. The minimum atomic E-state index is -4.06. The van der Waals surface area contributed by atoms with Crippen molar-refractivity contribution in [2.45, 2.75) is 4.90 Å². The second kappa shape index (κ2) is 8.46. The van der Waals surface area contributed by atoms with Crippen molar-refractivity contribution in [2.75, 3.05) is 17.1 Å². The number of nitrogens with one attached hydrogen (secondary N) is 2. The molecule has 3 aromatic carbocycles. The van der Waals surface area contributed by atoms with Crippen LogP contribution in [0.25, 0.3) is 0 Å². The van der Waals surface area contributed by atoms with Crippen LogP contribution in [0, 0.1) is 11.3 Å². The summed E-state index contributed by atoms with van der Waals surface area (Å²) in [5, 5.41) is 11.9. The summed E-state index contributed by atoms with van der Waals surface area (Å²) in [4.78, 5) is 12.5. The van der Waals surface area contributed by atoms with Gasteiger partial charge in [0.2, 0.25) is 0 Å². The molecule has 8 heteroatoms. The molecule has 0 saturated carbocycles. The zero-order chi connectivity index (χ0) is 20.9. The van der Waals surface area contributed by atoms with E-state index in [0.717, 1.165) is 0 Å². The Hall–Kier alpha value is -3.83. The molecule has 0 aromatic heterocycles. The molecular formula is C21H17N3O4S. The van der Waals surface area contributed by atoms with Crippen molar-refractivity contribution in [3.8, 4) is 11.8 Å². The number of rotatable bonds is 6. The van der Waals surface area contributed by atoms with Gasteiger partial charge in [0.25, 0.3) is 15.9 Å². The molecule has 3 rings (SSSR count). The van der Waals surface area contributed by atoms with Gasteiger partial charge in [-0.05, 0) is 48.5 Å². The average Bonchev–Trinajstić information content (AvgIpc) is 2.74. The molecule has 1 amide bonds. The highest BCUT2D eigenvalue weighted by Gasteiger charge is 2.21. The summed E-state index contributed by atoms with van der Waals surface area (Å²) < 4.78 is 33.0. The fourth-order valence-electron chi connectivity index (χ4n) is 2.64. The van der Waals surface area contributed by atoms with E-state index in [-0.39, 0.29) is 21.7 Å². The maximum absolute atomic E-state index is 12.8. The Balaban J connectivity index is 1.88. The molecule has 0 saturated heterocycles. The van der Waals surface area contributed by atoms with Crippen molar-refractivity contribution >= 4 is 27.3 Å². The van der Waals surface area contributed by atoms with Gasteiger partial charge in [-0.25, -0.2) is 8.42 Å². The molecule has 0 atom stereocenters. The van der Waals surface area contributed by atoms with Crippen molar-refractivity contribution in [1.29, 1.82) is 5.26 Å². The zero-order valence-corrected chi connectivity index (χ0v) is 16.2. The van der Waals surface area contributed by atoms with Crippen molar-refractivity contribution in [1.82, 2.24) is 0 Å². The Kier molecular flexibility index (Phi) is 5.81. The van der Waals surface area contributed by atoms with Crippen LogP contribution in [0.3, 0.4) is 0 Å². The van der Waals surface area contributed by atoms with Gasteiger partial charge >= 0.3 is 0 Å². The van der Waals surface area contributed by atoms with Crippen LogP contribution in [0.5, 0.6) is 5.75 Å². The summed E-state index contributed by atoms with van der Waals surface area (Å²) in [7, 11) is -2.52. The van der Waals surface area contributed by atoms with Crippen LogP contribution < -0.4 is 14.8 Å². The van der Waals surface area contributed by atoms with Gasteiger partial charge in [0, 0.05) is 5.69 Å². The Bertz CT molecular complexity index is 1180. The van der Waals surface area contributed by atoms with Gasteiger partial charge in [-0.3, -0.25) is 9.52 Å². The predicted octanol–water partition coefficient (Wildman–Crippen LogP) is 3.62. The van der Waals surface area contributed by atoms with E-state index in [1.165, 1.54) is 30.3 Å². The molecule has 7 nitrogen and oxygen atoms in total. The number of methoxy groups -OCH3 is 1. The normalized spacial score (nSPS) is 10.6. The van der Waals surface area contributed by atoms with Crippen LogP contribution in [-0.4, -0.2) is 21.4 Å². The molecule has 0 aliphatic carbocycles. The second-order valence-electron chi connectivity index (χ2n) is 5.94. The van der Waals surface area contributed by atoms with Gasteiger partial charge < -0.3 is 10.1 Å². The first-order valence-corrected chi connectivity index (χ1v) is 9.99. The van der Waals surface area contributed by atoms with E-state index >= 15 is 0 Å². The number of carbonyl (C=O) groups excluding carboxylic acids is 1. The SMILES string of the molecule is COc1ccc(NC(=O)c2ccccc2NS(=O)(=O)c2ccccc2C#N)cc1. The number of para-hydroxylation sites is 1. The number of amides is 1. The van der Waals surface area contributed by atoms with E-state index in [4.69, 9.17) is 4.74 Å². The summed E-state index contributed by atoms with van der Waals surface area (Å²) in [5.41, 5.74) is 0.788. The Morgan fingerprint density at radius 2 is 1.62 bits per heavy atom. The van der Waals surface area contributed by atoms with Crippen LogP contribution in [0.1, 0.15) is 15.9 Å². The first-order valence-electron chi connectivity index (χ1n) is 8.51.